The van der Waals surface area contributed by atoms with Crippen molar-refractivity contribution in [1.29, 1.82) is 0 Å². The SMILES string of the molecule is NC(CNC(=O)C1CCCN(C(=O)c2ccncc2)C1)C1CC1. The molecule has 3 N–H and O–H groups in total. The Labute approximate surface area is 136 Å². The van der Waals surface area contributed by atoms with Crippen molar-refractivity contribution in [3.05, 3.63) is 30.1 Å². The third-order valence-corrected chi connectivity index (χ3v) is 4.75. The van der Waals surface area contributed by atoms with Gasteiger partial charge in [-0.1, -0.05) is 0 Å². The average molecular weight is 316 g/mol. The van der Waals surface area contributed by atoms with Crippen LogP contribution in [-0.2, 0) is 4.79 Å². The average Bonchev–Trinajstić information content (AvgIpc) is 3.44. The highest BCUT2D eigenvalue weighted by atomic mass is 16.2. The molecule has 1 saturated heterocycles. The summed E-state index contributed by atoms with van der Waals surface area (Å²) in [6.07, 6.45) is 7.25. The Balaban J connectivity index is 1.53. The summed E-state index contributed by atoms with van der Waals surface area (Å²) < 4.78 is 0. The molecule has 1 saturated carbocycles. The van der Waals surface area contributed by atoms with E-state index >= 15 is 0 Å². The van der Waals surface area contributed by atoms with E-state index < -0.39 is 0 Å². The minimum absolute atomic E-state index is 0.0216. The number of carbonyl (C=O) groups excluding carboxylic acids is 2. The van der Waals surface area contributed by atoms with Crippen molar-refractivity contribution in [2.75, 3.05) is 19.6 Å². The summed E-state index contributed by atoms with van der Waals surface area (Å²) in [4.78, 5) is 30.5. The van der Waals surface area contributed by atoms with E-state index in [-0.39, 0.29) is 23.8 Å². The van der Waals surface area contributed by atoms with E-state index in [0.29, 0.717) is 31.1 Å². The van der Waals surface area contributed by atoms with Gasteiger partial charge in [-0.3, -0.25) is 14.6 Å². The van der Waals surface area contributed by atoms with Crippen molar-refractivity contribution in [2.24, 2.45) is 17.6 Å². The van der Waals surface area contributed by atoms with Crippen LogP contribution < -0.4 is 11.1 Å². The highest BCUT2D eigenvalue weighted by Gasteiger charge is 2.31. The Hall–Kier alpha value is -1.95. The lowest BCUT2D eigenvalue weighted by Crippen LogP contribution is -2.47. The second-order valence-electron chi connectivity index (χ2n) is 6.57. The van der Waals surface area contributed by atoms with Crippen LogP contribution in [-0.4, -0.2) is 47.4 Å². The Kier molecular flexibility index (Phi) is 4.91. The normalized spacial score (nSPS) is 22.5. The summed E-state index contributed by atoms with van der Waals surface area (Å²) in [6.45, 7) is 1.72. The summed E-state index contributed by atoms with van der Waals surface area (Å²) in [5.74, 6) is 0.431. The van der Waals surface area contributed by atoms with Crippen molar-refractivity contribution in [1.82, 2.24) is 15.2 Å². The molecule has 23 heavy (non-hydrogen) atoms. The lowest BCUT2D eigenvalue weighted by Gasteiger charge is -2.32. The lowest BCUT2D eigenvalue weighted by molar-refractivity contribution is -0.126. The van der Waals surface area contributed by atoms with Gasteiger partial charge in [0.25, 0.3) is 5.91 Å². The zero-order valence-electron chi connectivity index (χ0n) is 13.3. The van der Waals surface area contributed by atoms with Crippen LogP contribution in [0.2, 0.25) is 0 Å². The zero-order valence-corrected chi connectivity index (χ0v) is 13.3. The maximum absolute atomic E-state index is 12.5. The number of amides is 2. The van der Waals surface area contributed by atoms with E-state index in [4.69, 9.17) is 5.73 Å². The third-order valence-electron chi connectivity index (χ3n) is 4.75. The number of piperidine rings is 1. The second kappa shape index (κ2) is 7.08. The molecule has 124 valence electrons. The van der Waals surface area contributed by atoms with Gasteiger partial charge in [-0.2, -0.15) is 0 Å². The number of hydrogen-bond donors (Lipinski definition) is 2. The largest absolute Gasteiger partial charge is 0.354 e. The molecule has 2 fully saturated rings. The molecule has 1 aliphatic carbocycles. The zero-order chi connectivity index (χ0) is 16.2. The molecular weight excluding hydrogens is 292 g/mol. The fourth-order valence-electron chi connectivity index (χ4n) is 3.11. The highest BCUT2D eigenvalue weighted by Crippen LogP contribution is 2.31. The van der Waals surface area contributed by atoms with Crippen LogP contribution in [0.5, 0.6) is 0 Å². The molecule has 1 aromatic rings. The first-order chi connectivity index (χ1) is 11.1. The number of nitrogens with one attached hydrogen (secondary N) is 1. The van der Waals surface area contributed by atoms with Gasteiger partial charge >= 0.3 is 0 Å². The molecule has 6 nitrogen and oxygen atoms in total. The predicted molar refractivity (Wildman–Crippen MR) is 86.6 cm³/mol. The smallest absolute Gasteiger partial charge is 0.253 e. The first-order valence-electron chi connectivity index (χ1n) is 8.37. The molecule has 2 unspecified atom stereocenters. The first-order valence-corrected chi connectivity index (χ1v) is 8.37. The molecule has 2 atom stereocenters. The molecule has 6 heteroatoms. The number of hydrogen-bond acceptors (Lipinski definition) is 4. The molecule has 2 amide bonds. The molecule has 0 bridgehead atoms. The van der Waals surface area contributed by atoms with Crippen molar-refractivity contribution in [3.63, 3.8) is 0 Å². The molecule has 3 rings (SSSR count). The molecule has 0 spiro atoms. The summed E-state index contributed by atoms with van der Waals surface area (Å²) >= 11 is 0. The number of nitrogens with zero attached hydrogens (tertiary/aromatic N) is 2. The summed E-state index contributed by atoms with van der Waals surface area (Å²) in [6, 6.07) is 3.48. The number of aromatic nitrogens is 1. The van der Waals surface area contributed by atoms with Crippen molar-refractivity contribution in [3.8, 4) is 0 Å². The van der Waals surface area contributed by atoms with Crippen LogP contribution in [0.1, 0.15) is 36.0 Å². The molecule has 0 aromatic carbocycles. The Morgan fingerprint density at radius 3 is 2.74 bits per heavy atom. The van der Waals surface area contributed by atoms with Gasteiger partial charge in [-0.05, 0) is 43.7 Å². The number of nitrogens with two attached hydrogens (primary N) is 1. The van der Waals surface area contributed by atoms with Crippen molar-refractivity contribution >= 4 is 11.8 Å². The topological polar surface area (TPSA) is 88.3 Å². The highest BCUT2D eigenvalue weighted by molar-refractivity contribution is 5.94. The van der Waals surface area contributed by atoms with E-state index in [0.717, 1.165) is 12.8 Å². The van der Waals surface area contributed by atoms with Crippen LogP contribution in [0.4, 0.5) is 0 Å². The molecule has 2 heterocycles. The second-order valence-corrected chi connectivity index (χ2v) is 6.57. The fraction of sp³-hybridized carbons (Fsp3) is 0.588. The third kappa shape index (κ3) is 4.07. The molecule has 0 radical (unpaired) electrons. The van der Waals surface area contributed by atoms with Crippen molar-refractivity contribution in [2.45, 2.75) is 31.7 Å². The fourth-order valence-corrected chi connectivity index (χ4v) is 3.11. The van der Waals surface area contributed by atoms with E-state index in [2.05, 4.69) is 10.3 Å². The summed E-state index contributed by atoms with van der Waals surface area (Å²) in [5, 5.41) is 2.96. The van der Waals surface area contributed by atoms with E-state index in [1.807, 2.05) is 0 Å². The van der Waals surface area contributed by atoms with Gasteiger partial charge in [0.1, 0.15) is 0 Å². The van der Waals surface area contributed by atoms with Crippen molar-refractivity contribution < 1.29 is 9.59 Å². The van der Waals surface area contributed by atoms with Crippen LogP contribution in [0, 0.1) is 11.8 Å². The predicted octanol–water partition coefficient (Wildman–Crippen LogP) is 0.787. The molecular formula is C17H24N4O2. The number of carbonyl (C=O) groups is 2. The van der Waals surface area contributed by atoms with Gasteiger partial charge in [0.15, 0.2) is 0 Å². The Morgan fingerprint density at radius 1 is 1.30 bits per heavy atom. The Morgan fingerprint density at radius 2 is 2.04 bits per heavy atom. The molecule has 1 aliphatic heterocycles. The maximum Gasteiger partial charge on any atom is 0.253 e. The summed E-state index contributed by atoms with van der Waals surface area (Å²) in [5.41, 5.74) is 6.65. The number of pyridine rings is 1. The minimum Gasteiger partial charge on any atom is -0.354 e. The molecule has 1 aromatic heterocycles. The van der Waals surface area contributed by atoms with E-state index in [1.165, 1.54) is 12.8 Å². The summed E-state index contributed by atoms with van der Waals surface area (Å²) in [7, 11) is 0. The lowest BCUT2D eigenvalue weighted by atomic mass is 9.96. The van der Waals surface area contributed by atoms with Gasteiger partial charge < -0.3 is 16.0 Å². The van der Waals surface area contributed by atoms with E-state index in [1.54, 1.807) is 29.4 Å². The Bertz CT molecular complexity index is 559. The van der Waals surface area contributed by atoms with E-state index in [9.17, 15) is 9.59 Å². The quantitative estimate of drug-likeness (QED) is 0.840. The van der Waals surface area contributed by atoms with Gasteiger partial charge in [0, 0.05) is 43.6 Å². The monoisotopic (exact) mass is 316 g/mol. The minimum atomic E-state index is -0.138. The number of likely N-dealkylation sites (tertiary alicyclic amines) is 1. The van der Waals surface area contributed by atoms with Crippen LogP contribution in [0.15, 0.2) is 24.5 Å². The standard InChI is InChI=1S/C17H24N4O2/c18-15(12-3-4-12)10-20-16(22)14-2-1-9-21(11-14)17(23)13-5-7-19-8-6-13/h5-8,12,14-15H,1-4,9-11,18H2,(H,20,22). The van der Waals surface area contributed by atoms with Gasteiger partial charge in [-0.15, -0.1) is 0 Å². The molecule has 2 aliphatic rings. The van der Waals surface area contributed by atoms with Gasteiger partial charge in [-0.25, -0.2) is 0 Å². The number of rotatable bonds is 5. The maximum atomic E-state index is 12.5. The first kappa shape index (κ1) is 15.9. The van der Waals surface area contributed by atoms with Crippen LogP contribution in [0.25, 0.3) is 0 Å². The van der Waals surface area contributed by atoms with Crippen LogP contribution in [0.3, 0.4) is 0 Å². The van der Waals surface area contributed by atoms with Crippen LogP contribution >= 0.6 is 0 Å². The van der Waals surface area contributed by atoms with Gasteiger partial charge in [0.05, 0.1) is 5.92 Å². The van der Waals surface area contributed by atoms with Gasteiger partial charge in [0.2, 0.25) is 5.91 Å².